The van der Waals surface area contributed by atoms with Gasteiger partial charge in [0.05, 0.1) is 29.8 Å². The lowest BCUT2D eigenvalue weighted by Gasteiger charge is -2.50. The van der Waals surface area contributed by atoms with Gasteiger partial charge in [-0.25, -0.2) is 4.98 Å². The third-order valence-electron chi connectivity index (χ3n) is 7.58. The number of rotatable bonds is 16. The number of nitrogens with one attached hydrogen (secondary N) is 1. The standard InChI is InChI=1S/C27H33N11O8S2/c1-27(2)19(25(40)38(27)46-48(41,42)43)11-21(39)23(20-15-47-26(29)30-20)33-45-22(24-31-34-35-32-24)14-44-18-7-5-16(6-8-18)17-12-36(3)37(13-17)10-4-9-28/h5-8,12-13,15,19,22H,4,9-11,14,28H2,1-3H3,(H3-,29,30,31,32,34,35,41,42,43)/p+1/b33-23-/t19?,22-/m0/s1. The number of H-pyrrole nitrogens is 1. The van der Waals surface area contributed by atoms with E-state index in [2.05, 4.69) is 39.7 Å². The summed E-state index contributed by atoms with van der Waals surface area (Å²) in [4.78, 5) is 36.1. The van der Waals surface area contributed by atoms with Crippen molar-refractivity contribution in [1.29, 1.82) is 0 Å². The van der Waals surface area contributed by atoms with Crippen LogP contribution < -0.4 is 20.9 Å². The van der Waals surface area contributed by atoms with Crippen molar-refractivity contribution >= 4 is 44.3 Å². The predicted molar refractivity (Wildman–Crippen MR) is 168 cm³/mol. The molecule has 1 amide bonds. The number of Topliss-reactive ketones (excluding diaryl/α,β-unsaturated/α-hetero) is 1. The zero-order chi connectivity index (χ0) is 34.6. The van der Waals surface area contributed by atoms with Gasteiger partial charge in [-0.15, -0.1) is 30.5 Å². The molecule has 1 fully saturated rings. The highest BCUT2D eigenvalue weighted by Crippen LogP contribution is 2.40. The van der Waals surface area contributed by atoms with Crippen LogP contribution in [0.4, 0.5) is 5.13 Å². The number of ketones is 1. The highest BCUT2D eigenvalue weighted by atomic mass is 32.3. The highest BCUT2D eigenvalue weighted by Gasteiger charge is 2.57. The number of benzene rings is 1. The van der Waals surface area contributed by atoms with Crippen LogP contribution in [0.3, 0.4) is 0 Å². The van der Waals surface area contributed by atoms with E-state index in [0.717, 1.165) is 35.4 Å². The molecular formula is C27H34N11O8S2+. The van der Waals surface area contributed by atoms with E-state index in [0.29, 0.717) is 17.4 Å². The van der Waals surface area contributed by atoms with Crippen molar-refractivity contribution in [1.82, 2.24) is 35.4 Å². The Hall–Kier alpha value is -4.83. The molecule has 256 valence electrons. The number of ether oxygens (including phenoxy) is 1. The Morgan fingerprint density at radius 3 is 2.62 bits per heavy atom. The van der Waals surface area contributed by atoms with E-state index in [-0.39, 0.29) is 29.0 Å². The van der Waals surface area contributed by atoms with Crippen LogP contribution in [0.5, 0.6) is 5.75 Å². The average Bonchev–Trinajstić information content (AvgIpc) is 3.81. The minimum Gasteiger partial charge on any atom is -0.489 e. The zero-order valence-corrected chi connectivity index (χ0v) is 27.7. The topological polar surface area (TPSA) is 260 Å². The van der Waals surface area contributed by atoms with E-state index in [9.17, 15) is 18.0 Å². The smallest absolute Gasteiger partial charge is 0.418 e. The average molecular weight is 705 g/mol. The van der Waals surface area contributed by atoms with Crippen molar-refractivity contribution in [3.05, 3.63) is 53.6 Å². The lowest BCUT2D eigenvalue weighted by molar-refractivity contribution is -0.753. The molecule has 2 atom stereocenters. The van der Waals surface area contributed by atoms with Crippen molar-refractivity contribution < 1.29 is 41.1 Å². The number of oxime groups is 1. The quantitative estimate of drug-likeness (QED) is 0.0404. The molecule has 1 aliphatic heterocycles. The Kier molecular flexibility index (Phi) is 10.1. The van der Waals surface area contributed by atoms with E-state index in [1.807, 2.05) is 36.3 Å². The lowest BCUT2D eigenvalue weighted by atomic mass is 9.74. The van der Waals surface area contributed by atoms with E-state index in [1.54, 1.807) is 12.1 Å². The van der Waals surface area contributed by atoms with Crippen LogP contribution in [0.2, 0.25) is 0 Å². The van der Waals surface area contributed by atoms with Gasteiger partial charge in [-0.1, -0.05) is 22.5 Å². The Balaban J connectivity index is 1.30. The molecular weight excluding hydrogens is 670 g/mol. The number of aryl methyl sites for hydroxylation is 2. The summed E-state index contributed by atoms with van der Waals surface area (Å²) in [6, 6.07) is 7.41. The molecule has 6 N–H and O–H groups in total. The third kappa shape index (κ3) is 7.82. The number of tetrazole rings is 1. The van der Waals surface area contributed by atoms with Gasteiger partial charge in [-0.05, 0) is 44.5 Å². The molecule has 0 bridgehead atoms. The molecule has 19 nitrogen and oxygen atoms in total. The number of aromatic nitrogens is 7. The molecule has 21 heteroatoms. The number of nitrogen functional groups attached to an aromatic ring is 1. The summed E-state index contributed by atoms with van der Waals surface area (Å²) < 4.78 is 45.8. The van der Waals surface area contributed by atoms with Crippen molar-refractivity contribution in [2.24, 2.45) is 23.9 Å². The summed E-state index contributed by atoms with van der Waals surface area (Å²) in [5.41, 5.74) is 12.0. The fourth-order valence-electron chi connectivity index (χ4n) is 4.96. The summed E-state index contributed by atoms with van der Waals surface area (Å²) in [6.07, 6.45) is 3.47. The van der Waals surface area contributed by atoms with E-state index >= 15 is 0 Å². The zero-order valence-electron chi connectivity index (χ0n) is 26.1. The minimum atomic E-state index is -4.96. The largest absolute Gasteiger partial charge is 0.489 e. The second kappa shape index (κ2) is 14.1. The molecule has 1 aromatic carbocycles. The first-order valence-electron chi connectivity index (χ1n) is 14.5. The first kappa shape index (κ1) is 34.5. The van der Waals surface area contributed by atoms with Gasteiger partial charge < -0.3 is 21.0 Å². The molecule has 5 rings (SSSR count). The van der Waals surface area contributed by atoms with Crippen LogP contribution in [0.15, 0.2) is 47.2 Å². The number of β-lactam (4-membered cyclic amide) rings is 1. The van der Waals surface area contributed by atoms with E-state index < -0.39 is 46.1 Å². The van der Waals surface area contributed by atoms with Gasteiger partial charge in [0.25, 0.3) is 5.91 Å². The van der Waals surface area contributed by atoms with Crippen molar-refractivity contribution in [3.63, 3.8) is 0 Å². The maximum absolute atomic E-state index is 13.5. The maximum Gasteiger partial charge on any atom is 0.418 e. The molecule has 0 radical (unpaired) electrons. The fraction of sp³-hybridized carbons (Fsp3) is 0.407. The Bertz CT molecular complexity index is 1890. The van der Waals surface area contributed by atoms with Gasteiger partial charge in [0.1, 0.15) is 18.1 Å². The van der Waals surface area contributed by atoms with Crippen LogP contribution in [0.25, 0.3) is 11.1 Å². The first-order chi connectivity index (χ1) is 22.8. The number of thiazole rings is 1. The molecule has 48 heavy (non-hydrogen) atoms. The molecule has 1 unspecified atom stereocenters. The van der Waals surface area contributed by atoms with Gasteiger partial charge >= 0.3 is 10.4 Å². The summed E-state index contributed by atoms with van der Waals surface area (Å²) >= 11 is 1.06. The number of nitrogens with two attached hydrogens (primary N) is 2. The monoisotopic (exact) mass is 704 g/mol. The minimum absolute atomic E-state index is 0.0830. The van der Waals surface area contributed by atoms with Crippen LogP contribution in [-0.4, -0.2) is 84.4 Å². The van der Waals surface area contributed by atoms with E-state index in [1.165, 1.54) is 19.2 Å². The van der Waals surface area contributed by atoms with Gasteiger partial charge in [-0.2, -0.15) is 23.4 Å². The molecule has 0 aliphatic carbocycles. The van der Waals surface area contributed by atoms with Crippen molar-refractivity contribution in [3.8, 4) is 16.9 Å². The number of hydrogen-bond donors (Lipinski definition) is 4. The van der Waals surface area contributed by atoms with Crippen LogP contribution >= 0.6 is 11.3 Å². The maximum atomic E-state index is 13.5. The summed E-state index contributed by atoms with van der Waals surface area (Å²) in [6.45, 7) is 4.22. The first-order valence-corrected chi connectivity index (χ1v) is 16.7. The molecule has 3 aromatic heterocycles. The molecule has 0 saturated carbocycles. The molecule has 4 heterocycles. The number of aromatic amines is 1. The second-order valence-electron chi connectivity index (χ2n) is 11.3. The number of amides is 1. The number of carbonyl (C=O) groups is 2. The number of nitrogens with zero attached hydrogens (tertiary/aromatic N) is 8. The predicted octanol–water partition coefficient (Wildman–Crippen LogP) is 0.352. The van der Waals surface area contributed by atoms with Gasteiger partial charge in [0.2, 0.25) is 18.1 Å². The highest BCUT2D eigenvalue weighted by molar-refractivity contribution is 7.80. The number of hydroxylamine groups is 2. The van der Waals surface area contributed by atoms with Gasteiger partial charge in [0, 0.05) is 11.8 Å². The Labute approximate surface area is 278 Å². The summed E-state index contributed by atoms with van der Waals surface area (Å²) in [7, 11) is -3.00. The van der Waals surface area contributed by atoms with Crippen LogP contribution in [0.1, 0.15) is 44.3 Å². The summed E-state index contributed by atoms with van der Waals surface area (Å²) in [5, 5.41) is 20.0. The Morgan fingerprint density at radius 2 is 2.02 bits per heavy atom. The van der Waals surface area contributed by atoms with Crippen LogP contribution in [-0.2, 0) is 42.7 Å². The SMILES string of the molecule is C[n+]1cc(-c2ccc(OC[C@H](O/N=C(\C(=O)CC3C(=O)N(OS(=O)(=O)O)C3(C)C)c3csc(N)n3)c3nn[nH]n3)cc2)cn1CCCN. The number of anilines is 1. The Morgan fingerprint density at radius 1 is 1.27 bits per heavy atom. The van der Waals surface area contributed by atoms with Crippen molar-refractivity contribution in [2.75, 3.05) is 18.9 Å². The molecule has 1 aliphatic rings. The second-order valence-corrected chi connectivity index (χ2v) is 13.2. The normalized spacial score (nSPS) is 16.9. The molecule has 1 saturated heterocycles. The number of carbonyl (C=O) groups excluding carboxylic acids is 2. The third-order valence-corrected chi connectivity index (χ3v) is 8.59. The van der Waals surface area contributed by atoms with Gasteiger partial charge in [-0.3, -0.25) is 14.1 Å². The lowest BCUT2D eigenvalue weighted by Crippen LogP contribution is -2.68. The number of hydrogen-bond acceptors (Lipinski definition) is 15. The fourth-order valence-corrected chi connectivity index (χ4v) is 5.96. The summed E-state index contributed by atoms with van der Waals surface area (Å²) in [5.74, 6) is -1.91. The molecule has 0 spiro atoms. The van der Waals surface area contributed by atoms with Crippen LogP contribution in [0, 0.1) is 5.92 Å². The molecule has 4 aromatic rings. The van der Waals surface area contributed by atoms with E-state index in [4.69, 9.17) is 25.6 Å². The van der Waals surface area contributed by atoms with Crippen molar-refractivity contribution in [2.45, 2.75) is 44.9 Å². The van der Waals surface area contributed by atoms with Gasteiger partial charge in [0.15, 0.2) is 23.7 Å².